The number of amides is 1. The number of carbonyl (C=O) groups excluding carboxylic acids is 1. The van der Waals surface area contributed by atoms with Crippen LogP contribution >= 0.6 is 11.6 Å². The lowest BCUT2D eigenvalue weighted by atomic mass is 10.0. The van der Waals surface area contributed by atoms with Crippen LogP contribution < -0.4 is 10.9 Å². The Morgan fingerprint density at radius 3 is 2.71 bits per heavy atom. The number of aromatic amines is 1. The molecular formula is C27H27ClN4O2. The summed E-state index contributed by atoms with van der Waals surface area (Å²) < 4.78 is 1.80. The fourth-order valence-electron chi connectivity index (χ4n) is 4.98. The van der Waals surface area contributed by atoms with Crippen molar-refractivity contribution in [2.45, 2.75) is 51.5 Å². The molecule has 1 amide bonds. The number of aromatic nitrogens is 3. The second-order valence-electron chi connectivity index (χ2n) is 9.06. The Morgan fingerprint density at radius 1 is 1.18 bits per heavy atom. The molecule has 3 heterocycles. The molecule has 3 aromatic heterocycles. The monoisotopic (exact) mass is 474 g/mol. The van der Waals surface area contributed by atoms with Crippen LogP contribution in [0.15, 0.2) is 59.7 Å². The van der Waals surface area contributed by atoms with E-state index in [2.05, 4.69) is 15.3 Å². The summed E-state index contributed by atoms with van der Waals surface area (Å²) in [5.41, 5.74) is 5.46. The molecule has 0 atom stereocenters. The van der Waals surface area contributed by atoms with Crippen LogP contribution in [0.2, 0.25) is 5.02 Å². The van der Waals surface area contributed by atoms with Crippen molar-refractivity contribution in [3.63, 3.8) is 0 Å². The van der Waals surface area contributed by atoms with Gasteiger partial charge in [0.15, 0.2) is 0 Å². The lowest BCUT2D eigenvalue weighted by Crippen LogP contribution is -2.29. The number of benzene rings is 1. The Bertz CT molecular complexity index is 1400. The van der Waals surface area contributed by atoms with Crippen LogP contribution in [0.1, 0.15) is 70.2 Å². The number of nitrogens with one attached hydrogen (secondary N) is 2. The maximum atomic E-state index is 13.2. The smallest absolute Gasteiger partial charge is 0.268 e. The molecule has 34 heavy (non-hydrogen) atoms. The summed E-state index contributed by atoms with van der Waals surface area (Å²) >= 11 is 6.40. The lowest BCUT2D eigenvalue weighted by Gasteiger charge is -2.13. The van der Waals surface area contributed by atoms with Gasteiger partial charge in [-0.2, -0.15) is 0 Å². The zero-order chi connectivity index (χ0) is 23.7. The van der Waals surface area contributed by atoms with Gasteiger partial charge in [0.1, 0.15) is 12.0 Å². The molecule has 1 saturated carbocycles. The van der Waals surface area contributed by atoms with E-state index in [1.165, 1.54) is 12.8 Å². The van der Waals surface area contributed by atoms with Gasteiger partial charge in [-0.15, -0.1) is 0 Å². The summed E-state index contributed by atoms with van der Waals surface area (Å²) in [6, 6.07) is 15.5. The molecule has 7 heteroatoms. The van der Waals surface area contributed by atoms with Gasteiger partial charge in [-0.05, 0) is 55.5 Å². The highest BCUT2D eigenvalue weighted by atomic mass is 35.5. The van der Waals surface area contributed by atoms with Crippen molar-refractivity contribution in [3.8, 4) is 0 Å². The van der Waals surface area contributed by atoms with E-state index in [9.17, 15) is 9.59 Å². The first kappa shape index (κ1) is 22.4. The summed E-state index contributed by atoms with van der Waals surface area (Å²) in [6.45, 7) is 1.98. The maximum absolute atomic E-state index is 13.2. The third-order valence-corrected chi connectivity index (χ3v) is 6.86. The molecule has 6 nitrogen and oxygen atoms in total. The highest BCUT2D eigenvalue weighted by molar-refractivity contribution is 6.31. The van der Waals surface area contributed by atoms with E-state index in [4.69, 9.17) is 11.6 Å². The van der Waals surface area contributed by atoms with Crippen molar-refractivity contribution >= 4 is 23.0 Å². The molecule has 0 unspecified atom stereocenters. The topological polar surface area (TPSA) is 79.3 Å². The zero-order valence-corrected chi connectivity index (χ0v) is 19.9. The number of rotatable bonds is 6. The number of H-pyrrole nitrogens is 1. The Hall–Kier alpha value is -3.38. The summed E-state index contributed by atoms with van der Waals surface area (Å²) in [5, 5.41) is 3.43. The average Bonchev–Trinajstić information content (AvgIpc) is 3.48. The first-order chi connectivity index (χ1) is 16.5. The molecule has 0 radical (unpaired) electrons. The van der Waals surface area contributed by atoms with Crippen molar-refractivity contribution in [3.05, 3.63) is 104 Å². The SMILES string of the molecule is Cc1cc(Cc2ccccc2)c(CNC(=O)c2cc(Cl)cc3c(C4CCCC4)ncn23)c(=O)[nH]1. The van der Waals surface area contributed by atoms with Gasteiger partial charge in [-0.25, -0.2) is 4.98 Å². The molecule has 5 rings (SSSR count). The number of nitrogens with zero attached hydrogens (tertiary/aromatic N) is 2. The summed E-state index contributed by atoms with van der Waals surface area (Å²) in [6.07, 6.45) is 6.95. The Morgan fingerprint density at radius 2 is 1.94 bits per heavy atom. The molecule has 1 aliphatic rings. The van der Waals surface area contributed by atoms with Crippen molar-refractivity contribution in [1.29, 1.82) is 0 Å². The van der Waals surface area contributed by atoms with Crippen molar-refractivity contribution in [2.24, 2.45) is 0 Å². The second kappa shape index (κ2) is 9.47. The molecule has 1 fully saturated rings. The van der Waals surface area contributed by atoms with E-state index in [0.29, 0.717) is 28.6 Å². The normalized spacial score (nSPS) is 14.1. The summed E-state index contributed by atoms with van der Waals surface area (Å²) in [7, 11) is 0. The predicted octanol–water partition coefficient (Wildman–Crippen LogP) is 5.16. The molecule has 0 saturated heterocycles. The van der Waals surface area contributed by atoms with Crippen molar-refractivity contribution < 1.29 is 4.79 Å². The number of imidazole rings is 1. The number of hydrogen-bond donors (Lipinski definition) is 2. The molecule has 174 valence electrons. The summed E-state index contributed by atoms with van der Waals surface area (Å²) in [5.74, 6) is 0.111. The molecule has 0 aliphatic heterocycles. The zero-order valence-electron chi connectivity index (χ0n) is 19.1. The van der Waals surface area contributed by atoms with Crippen LogP contribution in [-0.2, 0) is 13.0 Å². The average molecular weight is 475 g/mol. The van der Waals surface area contributed by atoms with Gasteiger partial charge >= 0.3 is 0 Å². The second-order valence-corrected chi connectivity index (χ2v) is 9.49. The van der Waals surface area contributed by atoms with E-state index in [1.807, 2.05) is 49.4 Å². The van der Waals surface area contributed by atoms with Crippen LogP contribution in [0.5, 0.6) is 0 Å². The number of pyridine rings is 2. The van der Waals surface area contributed by atoms with E-state index < -0.39 is 0 Å². The molecule has 0 spiro atoms. The fourth-order valence-corrected chi connectivity index (χ4v) is 5.19. The van der Waals surface area contributed by atoms with Gasteiger partial charge in [0.05, 0.1) is 11.2 Å². The van der Waals surface area contributed by atoms with Crippen LogP contribution in [0.3, 0.4) is 0 Å². The molecule has 1 aromatic carbocycles. The third kappa shape index (κ3) is 4.50. The van der Waals surface area contributed by atoms with Gasteiger partial charge < -0.3 is 10.3 Å². The predicted molar refractivity (Wildman–Crippen MR) is 134 cm³/mol. The number of aryl methyl sites for hydroxylation is 1. The maximum Gasteiger partial charge on any atom is 0.268 e. The van der Waals surface area contributed by atoms with Gasteiger partial charge in [0, 0.05) is 28.7 Å². The largest absolute Gasteiger partial charge is 0.346 e. The third-order valence-electron chi connectivity index (χ3n) is 6.64. The van der Waals surface area contributed by atoms with Crippen molar-refractivity contribution in [2.75, 3.05) is 0 Å². The van der Waals surface area contributed by atoms with Gasteiger partial charge in [-0.3, -0.25) is 14.0 Å². The number of fused-ring (bicyclic) bond motifs is 1. The molecule has 4 aromatic rings. The fraction of sp³-hybridized carbons (Fsp3) is 0.296. The Kier molecular flexibility index (Phi) is 6.24. The Labute approximate surface area is 203 Å². The highest BCUT2D eigenvalue weighted by Gasteiger charge is 2.23. The van der Waals surface area contributed by atoms with Crippen LogP contribution in [0.25, 0.3) is 5.52 Å². The van der Waals surface area contributed by atoms with Crippen LogP contribution in [-0.4, -0.2) is 20.3 Å². The Balaban J connectivity index is 1.42. The van der Waals surface area contributed by atoms with E-state index in [-0.39, 0.29) is 18.0 Å². The molecule has 1 aliphatic carbocycles. The lowest BCUT2D eigenvalue weighted by molar-refractivity contribution is 0.0944. The van der Waals surface area contributed by atoms with Crippen molar-refractivity contribution in [1.82, 2.24) is 19.7 Å². The molecule has 0 bridgehead atoms. The number of hydrogen-bond acceptors (Lipinski definition) is 3. The quantitative estimate of drug-likeness (QED) is 0.405. The number of halogens is 1. The van der Waals surface area contributed by atoms with E-state index >= 15 is 0 Å². The highest BCUT2D eigenvalue weighted by Crippen LogP contribution is 2.36. The van der Waals surface area contributed by atoms with Crippen LogP contribution in [0.4, 0.5) is 0 Å². The minimum Gasteiger partial charge on any atom is -0.346 e. The van der Waals surface area contributed by atoms with Crippen LogP contribution in [0, 0.1) is 6.92 Å². The minimum atomic E-state index is -0.298. The first-order valence-corrected chi connectivity index (χ1v) is 12.1. The molecular weight excluding hydrogens is 448 g/mol. The standard InChI is InChI=1S/C27H27ClN4O2/c1-17-11-20(12-18-7-3-2-4-8-18)22(26(33)31-17)15-29-27(34)24-14-21(28)13-23-25(30-16-32(23)24)19-9-5-6-10-19/h2-4,7-8,11,13-14,16,19H,5-6,9-10,12,15H2,1H3,(H,29,34)(H,31,33). The first-order valence-electron chi connectivity index (χ1n) is 11.7. The van der Waals surface area contributed by atoms with Gasteiger partial charge in [-0.1, -0.05) is 54.8 Å². The van der Waals surface area contributed by atoms with Gasteiger partial charge in [0.25, 0.3) is 11.5 Å². The molecule has 2 N–H and O–H groups in total. The minimum absolute atomic E-state index is 0.120. The van der Waals surface area contributed by atoms with E-state index in [0.717, 1.165) is 40.9 Å². The van der Waals surface area contributed by atoms with E-state index in [1.54, 1.807) is 16.8 Å². The number of carbonyl (C=O) groups is 1. The summed E-state index contributed by atoms with van der Waals surface area (Å²) in [4.78, 5) is 33.5. The van der Waals surface area contributed by atoms with Gasteiger partial charge in [0.2, 0.25) is 0 Å².